The maximum absolute atomic E-state index is 12.3. The molecule has 0 aliphatic heterocycles. The quantitative estimate of drug-likeness (QED) is 0.684. The third-order valence-electron chi connectivity index (χ3n) is 2.73. The Kier molecular flexibility index (Phi) is 5.15. The number of benzene rings is 1. The Morgan fingerprint density at radius 2 is 1.76 bits per heavy atom. The molecule has 0 aromatic heterocycles. The first kappa shape index (κ1) is 16.8. The zero-order chi connectivity index (χ0) is 16.1. The highest BCUT2D eigenvalue weighted by Gasteiger charge is 2.38. The lowest BCUT2D eigenvalue weighted by Crippen LogP contribution is -2.54. The molecule has 0 saturated carbocycles. The van der Waals surface area contributed by atoms with Crippen LogP contribution in [0.1, 0.15) is 44.5 Å². The highest BCUT2D eigenvalue weighted by atomic mass is 16.6. The van der Waals surface area contributed by atoms with Crippen LogP contribution in [-0.4, -0.2) is 23.0 Å². The SMILES string of the molecule is C#CC[C@](C)(NC(=O)c1ccccc1)C(=O)OC(C)(C)C. The zero-order valence-electron chi connectivity index (χ0n) is 12.9. The molecule has 0 aliphatic rings. The fourth-order valence-corrected chi connectivity index (χ4v) is 1.67. The molecule has 0 radical (unpaired) electrons. The Balaban J connectivity index is 2.93. The van der Waals surface area contributed by atoms with Gasteiger partial charge in [-0.3, -0.25) is 4.79 Å². The summed E-state index contributed by atoms with van der Waals surface area (Å²) < 4.78 is 5.34. The van der Waals surface area contributed by atoms with Gasteiger partial charge in [0.25, 0.3) is 5.91 Å². The van der Waals surface area contributed by atoms with Gasteiger partial charge in [0.2, 0.25) is 0 Å². The van der Waals surface area contributed by atoms with Gasteiger partial charge >= 0.3 is 5.97 Å². The van der Waals surface area contributed by atoms with Crippen LogP contribution in [-0.2, 0) is 9.53 Å². The Bertz CT molecular complexity index is 552. The van der Waals surface area contributed by atoms with Gasteiger partial charge in [-0.25, -0.2) is 4.79 Å². The number of hydrogen-bond acceptors (Lipinski definition) is 3. The Morgan fingerprint density at radius 1 is 1.19 bits per heavy atom. The van der Waals surface area contributed by atoms with Crippen molar-refractivity contribution in [1.29, 1.82) is 0 Å². The summed E-state index contributed by atoms with van der Waals surface area (Å²) in [5.41, 5.74) is -1.44. The topological polar surface area (TPSA) is 55.4 Å². The zero-order valence-corrected chi connectivity index (χ0v) is 12.9. The van der Waals surface area contributed by atoms with Gasteiger partial charge in [-0.15, -0.1) is 12.3 Å². The van der Waals surface area contributed by atoms with E-state index in [1.807, 2.05) is 6.07 Å². The molecule has 0 spiro atoms. The van der Waals surface area contributed by atoms with E-state index in [0.717, 1.165) is 0 Å². The summed E-state index contributed by atoms with van der Waals surface area (Å²) in [7, 11) is 0. The molecule has 0 bridgehead atoms. The Labute approximate surface area is 125 Å². The van der Waals surface area contributed by atoms with Gasteiger partial charge in [0.15, 0.2) is 0 Å². The number of esters is 1. The summed E-state index contributed by atoms with van der Waals surface area (Å²) in [5, 5.41) is 2.68. The number of amides is 1. The summed E-state index contributed by atoms with van der Waals surface area (Å²) >= 11 is 0. The van der Waals surface area contributed by atoms with Crippen LogP contribution >= 0.6 is 0 Å². The number of rotatable bonds is 4. The summed E-state index contributed by atoms with van der Waals surface area (Å²) in [6.07, 6.45) is 5.38. The highest BCUT2D eigenvalue weighted by molar-refractivity contribution is 5.98. The van der Waals surface area contributed by atoms with E-state index in [9.17, 15) is 9.59 Å². The van der Waals surface area contributed by atoms with E-state index >= 15 is 0 Å². The van der Waals surface area contributed by atoms with Crippen molar-refractivity contribution in [1.82, 2.24) is 5.32 Å². The number of terminal acetylenes is 1. The molecule has 1 atom stereocenters. The molecule has 0 fully saturated rings. The minimum Gasteiger partial charge on any atom is -0.458 e. The molecular formula is C17H21NO3. The minimum absolute atomic E-state index is 0.0560. The molecule has 0 heterocycles. The number of nitrogens with one attached hydrogen (secondary N) is 1. The van der Waals surface area contributed by atoms with Crippen LogP contribution in [0.15, 0.2) is 30.3 Å². The van der Waals surface area contributed by atoms with Crippen molar-refractivity contribution in [3.05, 3.63) is 35.9 Å². The number of carbonyl (C=O) groups is 2. The van der Waals surface area contributed by atoms with Crippen molar-refractivity contribution in [3.8, 4) is 12.3 Å². The monoisotopic (exact) mass is 287 g/mol. The summed E-state index contributed by atoms with van der Waals surface area (Å²) in [5.74, 6) is 1.51. The molecule has 1 aromatic rings. The smallest absolute Gasteiger partial charge is 0.333 e. The maximum atomic E-state index is 12.3. The van der Waals surface area contributed by atoms with Gasteiger partial charge in [0, 0.05) is 12.0 Å². The molecule has 1 N–H and O–H groups in total. The van der Waals surface area contributed by atoms with Crippen LogP contribution in [0.4, 0.5) is 0 Å². The molecule has 0 unspecified atom stereocenters. The predicted molar refractivity (Wildman–Crippen MR) is 81.6 cm³/mol. The van der Waals surface area contributed by atoms with E-state index in [1.54, 1.807) is 52.0 Å². The summed E-state index contributed by atoms with van der Waals surface area (Å²) in [4.78, 5) is 24.5. The fourth-order valence-electron chi connectivity index (χ4n) is 1.67. The lowest BCUT2D eigenvalue weighted by molar-refractivity contribution is -0.161. The van der Waals surface area contributed by atoms with E-state index in [2.05, 4.69) is 11.2 Å². The number of ether oxygens (including phenoxy) is 1. The summed E-state index contributed by atoms with van der Waals surface area (Å²) in [6.45, 7) is 6.86. The van der Waals surface area contributed by atoms with Gasteiger partial charge < -0.3 is 10.1 Å². The second-order valence-corrected chi connectivity index (χ2v) is 6.04. The van der Waals surface area contributed by atoms with Crippen LogP contribution < -0.4 is 5.32 Å². The highest BCUT2D eigenvalue weighted by Crippen LogP contribution is 2.18. The normalized spacial score (nSPS) is 13.7. The molecule has 1 rings (SSSR count). The van der Waals surface area contributed by atoms with E-state index in [1.165, 1.54) is 0 Å². The molecular weight excluding hydrogens is 266 g/mol. The van der Waals surface area contributed by atoms with Crippen LogP contribution in [0.3, 0.4) is 0 Å². The lowest BCUT2D eigenvalue weighted by Gasteiger charge is -2.31. The van der Waals surface area contributed by atoms with Gasteiger partial charge in [-0.05, 0) is 39.8 Å². The van der Waals surface area contributed by atoms with Crippen molar-refractivity contribution in [2.45, 2.75) is 45.3 Å². The van der Waals surface area contributed by atoms with Gasteiger partial charge in [0.05, 0.1) is 0 Å². The van der Waals surface area contributed by atoms with Crippen LogP contribution in [0, 0.1) is 12.3 Å². The second kappa shape index (κ2) is 6.45. The van der Waals surface area contributed by atoms with Crippen molar-refractivity contribution in [2.75, 3.05) is 0 Å². The molecule has 21 heavy (non-hydrogen) atoms. The summed E-state index contributed by atoms with van der Waals surface area (Å²) in [6, 6.07) is 8.65. The predicted octanol–water partition coefficient (Wildman–Crippen LogP) is 2.54. The fraction of sp³-hybridized carbons (Fsp3) is 0.412. The number of hydrogen-bond donors (Lipinski definition) is 1. The maximum Gasteiger partial charge on any atom is 0.333 e. The standard InChI is InChI=1S/C17H21NO3/c1-6-12-17(5,15(20)21-16(2,3)4)18-14(19)13-10-8-7-9-11-13/h1,7-11H,12H2,2-5H3,(H,18,19)/t17-/m0/s1. The van der Waals surface area contributed by atoms with Gasteiger partial charge in [-0.1, -0.05) is 18.2 Å². The van der Waals surface area contributed by atoms with E-state index in [4.69, 9.17) is 11.2 Å². The van der Waals surface area contributed by atoms with Crippen molar-refractivity contribution in [2.24, 2.45) is 0 Å². The molecule has 1 aromatic carbocycles. The Hall–Kier alpha value is -2.28. The third kappa shape index (κ3) is 4.96. The van der Waals surface area contributed by atoms with Crippen molar-refractivity contribution < 1.29 is 14.3 Å². The molecule has 0 saturated heterocycles. The largest absolute Gasteiger partial charge is 0.458 e. The van der Waals surface area contributed by atoms with E-state index < -0.39 is 17.1 Å². The molecule has 4 nitrogen and oxygen atoms in total. The minimum atomic E-state index is -1.26. The third-order valence-corrected chi connectivity index (χ3v) is 2.73. The second-order valence-electron chi connectivity index (χ2n) is 6.04. The van der Waals surface area contributed by atoms with Crippen LogP contribution in [0.25, 0.3) is 0 Å². The van der Waals surface area contributed by atoms with Gasteiger partial charge in [-0.2, -0.15) is 0 Å². The number of carbonyl (C=O) groups excluding carboxylic acids is 2. The first-order valence-electron chi connectivity index (χ1n) is 6.72. The van der Waals surface area contributed by atoms with E-state index in [0.29, 0.717) is 5.56 Å². The average molecular weight is 287 g/mol. The molecule has 112 valence electrons. The lowest BCUT2D eigenvalue weighted by atomic mass is 9.97. The van der Waals surface area contributed by atoms with Crippen LogP contribution in [0.5, 0.6) is 0 Å². The van der Waals surface area contributed by atoms with Gasteiger partial charge in [0.1, 0.15) is 11.1 Å². The molecule has 0 aliphatic carbocycles. The molecule has 4 heteroatoms. The van der Waals surface area contributed by atoms with Crippen LogP contribution in [0.2, 0.25) is 0 Å². The first-order chi connectivity index (χ1) is 9.68. The first-order valence-corrected chi connectivity index (χ1v) is 6.72. The van der Waals surface area contributed by atoms with E-state index in [-0.39, 0.29) is 12.3 Å². The van der Waals surface area contributed by atoms with Crippen molar-refractivity contribution in [3.63, 3.8) is 0 Å². The Morgan fingerprint density at radius 3 is 2.24 bits per heavy atom. The average Bonchev–Trinajstić information content (AvgIpc) is 2.38. The molecule has 1 amide bonds. The van der Waals surface area contributed by atoms with Crippen molar-refractivity contribution >= 4 is 11.9 Å².